The van der Waals surface area contributed by atoms with Crippen molar-refractivity contribution in [3.63, 3.8) is 0 Å². The van der Waals surface area contributed by atoms with Crippen LogP contribution >= 0.6 is 0 Å². The van der Waals surface area contributed by atoms with Crippen LogP contribution in [0, 0.1) is 5.41 Å². The van der Waals surface area contributed by atoms with E-state index >= 15 is 0 Å². The van der Waals surface area contributed by atoms with Crippen LogP contribution in [-0.4, -0.2) is 30.9 Å². The van der Waals surface area contributed by atoms with Crippen molar-refractivity contribution in [1.82, 2.24) is 4.90 Å². The normalized spacial score (nSPS) is 12.1. The van der Waals surface area contributed by atoms with E-state index in [1.165, 1.54) is 0 Å². The Morgan fingerprint density at radius 3 is 2.27 bits per heavy atom. The third-order valence-corrected chi connectivity index (χ3v) is 1.87. The van der Waals surface area contributed by atoms with Crippen molar-refractivity contribution >= 4 is 5.91 Å². The molecular formula is C8H18N2O. The summed E-state index contributed by atoms with van der Waals surface area (Å²) in [6, 6.07) is 0. The zero-order valence-corrected chi connectivity index (χ0v) is 7.85. The van der Waals surface area contributed by atoms with Crippen LogP contribution in [0.25, 0.3) is 0 Å². The average molecular weight is 158 g/mol. The summed E-state index contributed by atoms with van der Waals surface area (Å²) in [5.74, 6) is -0.238. The third kappa shape index (κ3) is 3.37. The molecule has 11 heavy (non-hydrogen) atoms. The van der Waals surface area contributed by atoms with Gasteiger partial charge in [0.05, 0.1) is 5.41 Å². The molecule has 0 aromatic rings. The largest absolute Gasteiger partial charge is 0.369 e. The monoisotopic (exact) mass is 158 g/mol. The van der Waals surface area contributed by atoms with E-state index in [2.05, 4.69) is 11.8 Å². The first-order valence-electron chi connectivity index (χ1n) is 3.88. The fourth-order valence-corrected chi connectivity index (χ4v) is 0.865. The Hall–Kier alpha value is -0.570. The van der Waals surface area contributed by atoms with E-state index in [4.69, 9.17) is 5.73 Å². The van der Waals surface area contributed by atoms with E-state index < -0.39 is 5.41 Å². The lowest BCUT2D eigenvalue weighted by Crippen LogP contribution is -2.41. The molecule has 0 spiro atoms. The van der Waals surface area contributed by atoms with Crippen molar-refractivity contribution in [3.8, 4) is 0 Å². The van der Waals surface area contributed by atoms with Gasteiger partial charge in [-0.1, -0.05) is 6.92 Å². The highest BCUT2D eigenvalue weighted by atomic mass is 16.1. The molecule has 0 atom stereocenters. The van der Waals surface area contributed by atoms with Gasteiger partial charge in [-0.05, 0) is 27.4 Å². The SMILES string of the molecule is CCN(C)CC(C)(C)C(N)=O. The summed E-state index contributed by atoms with van der Waals surface area (Å²) in [7, 11) is 1.98. The second-order valence-electron chi connectivity index (χ2n) is 3.58. The minimum Gasteiger partial charge on any atom is -0.369 e. The summed E-state index contributed by atoms with van der Waals surface area (Å²) in [6.07, 6.45) is 0. The summed E-state index contributed by atoms with van der Waals surface area (Å²) in [5, 5.41) is 0. The average Bonchev–Trinajstić information content (AvgIpc) is 1.86. The number of rotatable bonds is 4. The van der Waals surface area contributed by atoms with E-state index in [9.17, 15) is 4.79 Å². The van der Waals surface area contributed by atoms with E-state index in [1.54, 1.807) is 0 Å². The zero-order chi connectivity index (χ0) is 9.07. The Bertz CT molecular complexity index is 143. The predicted octanol–water partition coefficient (Wildman–Crippen LogP) is 0.450. The van der Waals surface area contributed by atoms with E-state index in [1.807, 2.05) is 20.9 Å². The Morgan fingerprint density at radius 2 is 2.00 bits per heavy atom. The lowest BCUT2D eigenvalue weighted by Gasteiger charge is -2.26. The topological polar surface area (TPSA) is 46.3 Å². The molecule has 0 saturated heterocycles. The maximum absolute atomic E-state index is 10.9. The highest BCUT2D eigenvalue weighted by Gasteiger charge is 2.25. The van der Waals surface area contributed by atoms with Crippen LogP contribution in [0.4, 0.5) is 0 Å². The molecule has 0 unspecified atom stereocenters. The molecule has 1 amide bonds. The van der Waals surface area contributed by atoms with Crippen molar-refractivity contribution in [2.45, 2.75) is 20.8 Å². The number of primary amides is 1. The van der Waals surface area contributed by atoms with Crippen LogP contribution in [-0.2, 0) is 4.79 Å². The number of nitrogens with zero attached hydrogens (tertiary/aromatic N) is 1. The van der Waals surface area contributed by atoms with Crippen LogP contribution < -0.4 is 5.73 Å². The molecule has 66 valence electrons. The Morgan fingerprint density at radius 1 is 1.55 bits per heavy atom. The molecule has 0 aromatic carbocycles. The van der Waals surface area contributed by atoms with Gasteiger partial charge in [-0.3, -0.25) is 4.79 Å². The molecule has 3 heteroatoms. The Balaban J connectivity index is 4.01. The molecule has 0 saturated carbocycles. The maximum Gasteiger partial charge on any atom is 0.224 e. The van der Waals surface area contributed by atoms with Gasteiger partial charge in [-0.2, -0.15) is 0 Å². The molecule has 0 aliphatic carbocycles. The minimum absolute atomic E-state index is 0.238. The van der Waals surface area contributed by atoms with Gasteiger partial charge in [-0.25, -0.2) is 0 Å². The van der Waals surface area contributed by atoms with Crippen molar-refractivity contribution < 1.29 is 4.79 Å². The summed E-state index contributed by atoms with van der Waals surface area (Å²) >= 11 is 0. The van der Waals surface area contributed by atoms with Gasteiger partial charge in [0.2, 0.25) is 5.91 Å². The van der Waals surface area contributed by atoms with Crippen LogP contribution in [0.5, 0.6) is 0 Å². The molecule has 0 aromatic heterocycles. The highest BCUT2D eigenvalue weighted by Crippen LogP contribution is 2.14. The van der Waals surface area contributed by atoms with Gasteiger partial charge in [-0.15, -0.1) is 0 Å². The first-order valence-corrected chi connectivity index (χ1v) is 3.88. The molecule has 3 nitrogen and oxygen atoms in total. The summed E-state index contributed by atoms with van der Waals surface area (Å²) in [5.41, 5.74) is 4.80. The summed E-state index contributed by atoms with van der Waals surface area (Å²) in [4.78, 5) is 12.9. The number of amides is 1. The number of hydrogen-bond acceptors (Lipinski definition) is 2. The van der Waals surface area contributed by atoms with Gasteiger partial charge in [0.1, 0.15) is 0 Å². The number of hydrogen-bond donors (Lipinski definition) is 1. The number of carbonyl (C=O) groups is 1. The van der Waals surface area contributed by atoms with Gasteiger partial charge in [0, 0.05) is 6.54 Å². The molecule has 0 bridgehead atoms. The van der Waals surface area contributed by atoms with Crippen molar-refractivity contribution in [1.29, 1.82) is 0 Å². The van der Waals surface area contributed by atoms with Gasteiger partial charge >= 0.3 is 0 Å². The van der Waals surface area contributed by atoms with E-state index in [0.717, 1.165) is 13.1 Å². The van der Waals surface area contributed by atoms with Gasteiger partial charge in [0.25, 0.3) is 0 Å². The Labute approximate surface area is 68.6 Å². The molecule has 0 aliphatic rings. The number of nitrogens with two attached hydrogens (primary N) is 1. The lowest BCUT2D eigenvalue weighted by atomic mass is 9.92. The molecule has 0 radical (unpaired) electrons. The lowest BCUT2D eigenvalue weighted by molar-refractivity contribution is -0.126. The van der Waals surface area contributed by atoms with Crippen molar-refractivity contribution in [3.05, 3.63) is 0 Å². The van der Waals surface area contributed by atoms with Crippen LogP contribution in [0.3, 0.4) is 0 Å². The molecule has 0 rings (SSSR count). The number of carbonyl (C=O) groups excluding carboxylic acids is 1. The third-order valence-electron chi connectivity index (χ3n) is 1.87. The second kappa shape index (κ2) is 3.72. The first-order chi connectivity index (χ1) is 4.90. The molecule has 0 heterocycles. The van der Waals surface area contributed by atoms with E-state index in [0.29, 0.717) is 0 Å². The smallest absolute Gasteiger partial charge is 0.224 e. The quantitative estimate of drug-likeness (QED) is 0.645. The van der Waals surface area contributed by atoms with Crippen LogP contribution in [0.2, 0.25) is 0 Å². The zero-order valence-electron chi connectivity index (χ0n) is 7.85. The fraction of sp³-hybridized carbons (Fsp3) is 0.875. The van der Waals surface area contributed by atoms with Gasteiger partial charge < -0.3 is 10.6 Å². The highest BCUT2D eigenvalue weighted by molar-refractivity contribution is 5.80. The van der Waals surface area contributed by atoms with E-state index in [-0.39, 0.29) is 5.91 Å². The maximum atomic E-state index is 10.9. The Kier molecular flexibility index (Phi) is 3.52. The predicted molar refractivity (Wildman–Crippen MR) is 46.1 cm³/mol. The fourth-order valence-electron chi connectivity index (χ4n) is 0.865. The van der Waals surface area contributed by atoms with Gasteiger partial charge in [0.15, 0.2) is 0 Å². The van der Waals surface area contributed by atoms with Crippen LogP contribution in [0.1, 0.15) is 20.8 Å². The summed E-state index contributed by atoms with van der Waals surface area (Å²) in [6.45, 7) is 7.44. The molecule has 0 fully saturated rings. The van der Waals surface area contributed by atoms with Crippen molar-refractivity contribution in [2.24, 2.45) is 11.1 Å². The molecule has 0 aliphatic heterocycles. The minimum atomic E-state index is -0.412. The standard InChI is InChI=1S/C8H18N2O/c1-5-10(4)6-8(2,3)7(9)11/h5-6H2,1-4H3,(H2,9,11). The van der Waals surface area contributed by atoms with Crippen LogP contribution in [0.15, 0.2) is 0 Å². The molecule has 2 N–H and O–H groups in total. The molecular weight excluding hydrogens is 140 g/mol. The second-order valence-corrected chi connectivity index (χ2v) is 3.58. The summed E-state index contributed by atoms with van der Waals surface area (Å²) < 4.78 is 0. The first kappa shape index (κ1) is 10.4. The van der Waals surface area contributed by atoms with Crippen molar-refractivity contribution in [2.75, 3.05) is 20.1 Å².